The van der Waals surface area contributed by atoms with Gasteiger partial charge in [0.25, 0.3) is 0 Å². The largest absolute Gasteiger partial charge is 0.423 e. The number of ether oxygens (including phenoxy) is 1. The number of esters is 1. The van der Waals surface area contributed by atoms with Crippen molar-refractivity contribution in [3.8, 4) is 5.75 Å². The van der Waals surface area contributed by atoms with Gasteiger partial charge in [0.1, 0.15) is 5.75 Å². The lowest BCUT2D eigenvalue weighted by molar-refractivity contribution is 0.0735. The Kier molecular flexibility index (Phi) is 5.92. The number of aryl methyl sites for hydroxylation is 1. The van der Waals surface area contributed by atoms with Gasteiger partial charge in [0.2, 0.25) is 0 Å². The predicted octanol–water partition coefficient (Wildman–Crippen LogP) is 7.32. The van der Waals surface area contributed by atoms with Crippen LogP contribution < -0.4 is 10.5 Å². The Bertz CT molecular complexity index is 1200. The van der Waals surface area contributed by atoms with E-state index in [1.165, 1.54) is 35.1 Å². The SMILES string of the molecule is Cc1cc2c(cc1C=Cc1ccc(C(=O)Oc3ccc(N)cc3)cc1)C(C)(C)CCC2(C)C. The number of nitrogen functional groups attached to an aromatic ring is 1. The second-order valence-corrected chi connectivity index (χ2v) is 10.4. The van der Waals surface area contributed by atoms with Gasteiger partial charge in [0, 0.05) is 5.69 Å². The smallest absolute Gasteiger partial charge is 0.343 e. The molecule has 0 aromatic heterocycles. The maximum Gasteiger partial charge on any atom is 0.343 e. The number of fused-ring (bicyclic) bond motifs is 1. The normalized spacial score (nSPS) is 16.4. The third kappa shape index (κ3) is 4.88. The number of hydrogen-bond donors (Lipinski definition) is 1. The van der Waals surface area contributed by atoms with Gasteiger partial charge >= 0.3 is 5.97 Å². The van der Waals surface area contributed by atoms with E-state index in [0.29, 0.717) is 17.0 Å². The van der Waals surface area contributed by atoms with Gasteiger partial charge in [-0.15, -0.1) is 0 Å². The molecule has 2 N–H and O–H groups in total. The van der Waals surface area contributed by atoms with Crippen molar-refractivity contribution < 1.29 is 9.53 Å². The molecule has 3 heteroatoms. The maximum absolute atomic E-state index is 12.4. The molecule has 0 bridgehead atoms. The van der Waals surface area contributed by atoms with Crippen molar-refractivity contribution in [2.24, 2.45) is 0 Å². The van der Waals surface area contributed by atoms with Gasteiger partial charge < -0.3 is 10.5 Å². The second kappa shape index (κ2) is 8.55. The number of nitrogens with two attached hydrogens (primary N) is 1. The monoisotopic (exact) mass is 439 g/mol. The highest BCUT2D eigenvalue weighted by Crippen LogP contribution is 2.46. The summed E-state index contributed by atoms with van der Waals surface area (Å²) in [6.07, 6.45) is 6.70. The van der Waals surface area contributed by atoms with E-state index in [1.807, 2.05) is 12.1 Å². The molecule has 1 aliphatic carbocycles. The van der Waals surface area contributed by atoms with Crippen molar-refractivity contribution in [2.45, 2.75) is 58.3 Å². The third-order valence-corrected chi connectivity index (χ3v) is 6.93. The van der Waals surface area contributed by atoms with Crippen LogP contribution in [0.25, 0.3) is 12.2 Å². The fraction of sp³-hybridized carbons (Fsp3) is 0.300. The summed E-state index contributed by atoms with van der Waals surface area (Å²) in [4.78, 5) is 12.4. The van der Waals surface area contributed by atoms with E-state index in [1.54, 1.807) is 36.4 Å². The van der Waals surface area contributed by atoms with Crippen LogP contribution in [0, 0.1) is 6.92 Å². The molecule has 0 unspecified atom stereocenters. The van der Waals surface area contributed by atoms with Crippen LogP contribution in [-0.4, -0.2) is 5.97 Å². The summed E-state index contributed by atoms with van der Waals surface area (Å²) in [5, 5.41) is 0. The van der Waals surface area contributed by atoms with E-state index in [9.17, 15) is 4.79 Å². The van der Waals surface area contributed by atoms with E-state index in [0.717, 1.165) is 5.56 Å². The van der Waals surface area contributed by atoms with Crippen molar-refractivity contribution in [3.05, 3.63) is 94.0 Å². The minimum absolute atomic E-state index is 0.188. The first-order valence-corrected chi connectivity index (χ1v) is 11.6. The number of hydrogen-bond acceptors (Lipinski definition) is 3. The molecule has 0 saturated carbocycles. The predicted molar refractivity (Wildman–Crippen MR) is 138 cm³/mol. The van der Waals surface area contributed by atoms with Crippen molar-refractivity contribution in [1.29, 1.82) is 0 Å². The Morgan fingerprint density at radius 1 is 0.848 bits per heavy atom. The van der Waals surface area contributed by atoms with Gasteiger partial charge in [-0.1, -0.05) is 64.1 Å². The molecule has 1 aliphatic rings. The lowest BCUT2D eigenvalue weighted by Crippen LogP contribution is -2.34. The average molecular weight is 440 g/mol. The van der Waals surface area contributed by atoms with Crippen molar-refractivity contribution in [2.75, 3.05) is 5.73 Å². The topological polar surface area (TPSA) is 52.3 Å². The van der Waals surface area contributed by atoms with Crippen LogP contribution >= 0.6 is 0 Å². The molecule has 0 saturated heterocycles. The lowest BCUT2D eigenvalue weighted by Gasteiger charge is -2.42. The van der Waals surface area contributed by atoms with Gasteiger partial charge in [-0.2, -0.15) is 0 Å². The van der Waals surface area contributed by atoms with E-state index in [-0.39, 0.29) is 16.8 Å². The number of rotatable bonds is 4. The second-order valence-electron chi connectivity index (χ2n) is 10.4. The molecule has 0 fully saturated rings. The molecule has 33 heavy (non-hydrogen) atoms. The molecule has 0 heterocycles. The Morgan fingerprint density at radius 2 is 1.42 bits per heavy atom. The molecule has 0 spiro atoms. The molecule has 170 valence electrons. The Morgan fingerprint density at radius 3 is 2.03 bits per heavy atom. The van der Waals surface area contributed by atoms with Gasteiger partial charge in [-0.3, -0.25) is 0 Å². The molecule has 3 nitrogen and oxygen atoms in total. The Labute approximate surface area is 197 Å². The molecule has 4 rings (SSSR count). The lowest BCUT2D eigenvalue weighted by atomic mass is 9.62. The molecule has 0 radical (unpaired) electrons. The third-order valence-electron chi connectivity index (χ3n) is 6.93. The number of anilines is 1. The number of benzene rings is 3. The zero-order valence-corrected chi connectivity index (χ0v) is 20.2. The van der Waals surface area contributed by atoms with Crippen LogP contribution in [0.5, 0.6) is 5.75 Å². The van der Waals surface area contributed by atoms with Crippen molar-refractivity contribution in [1.82, 2.24) is 0 Å². The summed E-state index contributed by atoms with van der Waals surface area (Å²) in [5.74, 6) is 0.0952. The summed E-state index contributed by atoms with van der Waals surface area (Å²) in [6.45, 7) is 11.6. The van der Waals surface area contributed by atoms with Gasteiger partial charge in [0.15, 0.2) is 0 Å². The van der Waals surface area contributed by atoms with Crippen molar-refractivity contribution in [3.63, 3.8) is 0 Å². The minimum Gasteiger partial charge on any atom is -0.423 e. The minimum atomic E-state index is -0.384. The molecular formula is C30H33NO2. The quantitative estimate of drug-likeness (QED) is 0.201. The fourth-order valence-electron chi connectivity index (χ4n) is 4.54. The fourth-order valence-corrected chi connectivity index (χ4v) is 4.54. The van der Waals surface area contributed by atoms with E-state index in [4.69, 9.17) is 10.5 Å². The van der Waals surface area contributed by atoms with Crippen LogP contribution in [-0.2, 0) is 10.8 Å². The number of carbonyl (C=O) groups excluding carboxylic acids is 1. The average Bonchev–Trinajstić information content (AvgIpc) is 2.78. The Balaban J connectivity index is 1.53. The maximum atomic E-state index is 12.4. The molecule has 0 amide bonds. The number of carbonyl (C=O) groups is 1. The highest BCUT2D eigenvalue weighted by atomic mass is 16.5. The summed E-state index contributed by atoms with van der Waals surface area (Å²) in [7, 11) is 0. The van der Waals surface area contributed by atoms with Crippen LogP contribution in [0.1, 0.15) is 78.7 Å². The van der Waals surface area contributed by atoms with Gasteiger partial charge in [-0.05, 0) is 94.8 Å². The van der Waals surface area contributed by atoms with Gasteiger partial charge in [0.05, 0.1) is 5.56 Å². The van der Waals surface area contributed by atoms with Crippen LogP contribution in [0.2, 0.25) is 0 Å². The van der Waals surface area contributed by atoms with Crippen molar-refractivity contribution >= 4 is 23.8 Å². The van der Waals surface area contributed by atoms with E-state index < -0.39 is 0 Å². The summed E-state index contributed by atoms with van der Waals surface area (Å²) in [6, 6.07) is 19.0. The first-order valence-electron chi connectivity index (χ1n) is 11.6. The van der Waals surface area contributed by atoms with E-state index in [2.05, 4.69) is 58.9 Å². The van der Waals surface area contributed by atoms with E-state index >= 15 is 0 Å². The highest BCUT2D eigenvalue weighted by molar-refractivity contribution is 5.91. The molecule has 3 aromatic carbocycles. The molecule has 0 aliphatic heterocycles. The zero-order chi connectivity index (χ0) is 23.8. The Hall–Kier alpha value is -3.33. The molecule has 0 atom stereocenters. The van der Waals surface area contributed by atoms with Gasteiger partial charge in [-0.25, -0.2) is 4.79 Å². The van der Waals surface area contributed by atoms with Crippen LogP contribution in [0.15, 0.2) is 60.7 Å². The summed E-state index contributed by atoms with van der Waals surface area (Å²) >= 11 is 0. The highest BCUT2D eigenvalue weighted by Gasteiger charge is 2.37. The zero-order valence-electron chi connectivity index (χ0n) is 20.2. The van der Waals surface area contributed by atoms with Crippen LogP contribution in [0.3, 0.4) is 0 Å². The summed E-state index contributed by atoms with van der Waals surface area (Å²) in [5.41, 5.74) is 13.7. The molecular weight excluding hydrogens is 406 g/mol. The first-order chi connectivity index (χ1) is 15.5. The standard InChI is InChI=1S/C30H33NO2/c1-20-18-26-27(30(4,5)17-16-29(26,2)3)19-23(20)11-8-21-6-9-22(10-7-21)28(32)33-25-14-12-24(31)13-15-25/h6-15,18-19H,16-17,31H2,1-5H3. The first kappa shape index (κ1) is 22.8. The molecule has 3 aromatic rings. The van der Waals surface area contributed by atoms with Crippen LogP contribution in [0.4, 0.5) is 5.69 Å². The summed E-state index contributed by atoms with van der Waals surface area (Å²) < 4.78 is 5.42.